The van der Waals surface area contributed by atoms with Crippen molar-refractivity contribution in [2.24, 2.45) is 0 Å². The molecule has 2 aromatic carbocycles. The summed E-state index contributed by atoms with van der Waals surface area (Å²) >= 11 is 7.92. The Bertz CT molecular complexity index is 692. The number of rotatable bonds is 9. The molecule has 0 saturated heterocycles. The van der Waals surface area contributed by atoms with Gasteiger partial charge in [0.1, 0.15) is 5.75 Å². The summed E-state index contributed by atoms with van der Waals surface area (Å²) in [6.07, 6.45) is 2.16. The van der Waals surface area contributed by atoms with Crippen molar-refractivity contribution < 1.29 is 14.3 Å². The number of methoxy groups -OCH3 is 2. The number of halogens is 1. The van der Waals surface area contributed by atoms with Crippen molar-refractivity contribution in [1.29, 1.82) is 0 Å². The number of benzene rings is 2. The van der Waals surface area contributed by atoms with Gasteiger partial charge in [-0.3, -0.25) is 4.79 Å². The van der Waals surface area contributed by atoms with Crippen LogP contribution in [-0.2, 0) is 9.53 Å². The average molecular weight is 380 g/mol. The summed E-state index contributed by atoms with van der Waals surface area (Å²) in [4.78, 5) is 13.9. The summed E-state index contributed by atoms with van der Waals surface area (Å²) in [6, 6.07) is 13.3. The molecule has 1 amide bonds. The fourth-order valence-corrected chi connectivity index (χ4v) is 3.30. The first-order valence-electron chi connectivity index (χ1n) is 8.02. The molecule has 6 heteroatoms. The van der Waals surface area contributed by atoms with E-state index in [1.54, 1.807) is 32.0 Å². The van der Waals surface area contributed by atoms with Crippen LogP contribution in [0.25, 0.3) is 0 Å². The molecule has 2 rings (SSSR count). The summed E-state index contributed by atoms with van der Waals surface area (Å²) in [5.41, 5.74) is 0.709. The Morgan fingerprint density at radius 3 is 2.52 bits per heavy atom. The number of unbranched alkanes of at least 4 members (excludes halogenated alkanes) is 1. The lowest BCUT2D eigenvalue weighted by molar-refractivity contribution is -0.116. The van der Waals surface area contributed by atoms with E-state index in [4.69, 9.17) is 21.1 Å². The quantitative estimate of drug-likeness (QED) is 0.604. The van der Waals surface area contributed by atoms with Gasteiger partial charge in [-0.25, -0.2) is 0 Å². The number of hydrogen-bond acceptors (Lipinski definition) is 4. The normalized spacial score (nSPS) is 10.5. The first-order valence-corrected chi connectivity index (χ1v) is 9.22. The van der Waals surface area contributed by atoms with E-state index in [9.17, 15) is 4.79 Å². The lowest BCUT2D eigenvalue weighted by atomic mass is 10.2. The average Bonchev–Trinajstić information content (AvgIpc) is 2.62. The fourth-order valence-electron chi connectivity index (χ4n) is 2.19. The largest absolute Gasteiger partial charge is 0.497 e. The lowest BCUT2D eigenvalue weighted by Crippen LogP contribution is -2.11. The number of amides is 1. The van der Waals surface area contributed by atoms with Crippen molar-refractivity contribution in [3.05, 3.63) is 47.5 Å². The molecule has 0 fully saturated rings. The van der Waals surface area contributed by atoms with Crippen molar-refractivity contribution >= 4 is 35.0 Å². The SMILES string of the molecule is COCCCCC(=O)Nc1ccc(Sc2ccc(OC)cc2)c(Cl)c1. The second-order valence-corrected chi connectivity index (χ2v) is 6.94. The highest BCUT2D eigenvalue weighted by Crippen LogP contribution is 2.35. The molecule has 0 unspecified atom stereocenters. The zero-order valence-electron chi connectivity index (χ0n) is 14.4. The second-order valence-electron chi connectivity index (χ2n) is 5.42. The minimum atomic E-state index is -0.0114. The van der Waals surface area contributed by atoms with Crippen LogP contribution in [-0.4, -0.2) is 26.7 Å². The molecule has 1 N–H and O–H groups in total. The van der Waals surface area contributed by atoms with Gasteiger partial charge in [-0.05, 0) is 55.3 Å². The van der Waals surface area contributed by atoms with Gasteiger partial charge < -0.3 is 14.8 Å². The molecule has 0 saturated carbocycles. The van der Waals surface area contributed by atoms with Gasteiger partial charge in [0.15, 0.2) is 0 Å². The van der Waals surface area contributed by atoms with Crippen molar-refractivity contribution in [3.8, 4) is 5.75 Å². The fraction of sp³-hybridized carbons (Fsp3) is 0.316. The molecule has 0 radical (unpaired) electrons. The molecule has 0 aliphatic heterocycles. The zero-order chi connectivity index (χ0) is 18.1. The maximum absolute atomic E-state index is 11.9. The molecule has 134 valence electrons. The maximum Gasteiger partial charge on any atom is 0.224 e. The molecule has 0 atom stereocenters. The standard InChI is InChI=1S/C19H22ClNO3S/c1-23-12-4-3-5-19(22)21-14-6-11-18(17(20)13-14)25-16-9-7-15(24-2)8-10-16/h6-11,13H,3-5,12H2,1-2H3,(H,21,22). The predicted molar refractivity (Wildman–Crippen MR) is 103 cm³/mol. The van der Waals surface area contributed by atoms with E-state index in [2.05, 4.69) is 5.32 Å². The van der Waals surface area contributed by atoms with Crippen LogP contribution in [0.15, 0.2) is 52.3 Å². The summed E-state index contributed by atoms with van der Waals surface area (Å²) in [5, 5.41) is 3.49. The number of ether oxygens (including phenoxy) is 2. The number of hydrogen-bond donors (Lipinski definition) is 1. The van der Waals surface area contributed by atoms with E-state index in [1.807, 2.05) is 36.4 Å². The lowest BCUT2D eigenvalue weighted by Gasteiger charge is -2.09. The van der Waals surface area contributed by atoms with Crippen LogP contribution >= 0.6 is 23.4 Å². The molecule has 0 aliphatic carbocycles. The molecule has 0 aliphatic rings. The first-order chi connectivity index (χ1) is 12.1. The summed E-state index contributed by atoms with van der Waals surface area (Å²) in [5.74, 6) is 0.807. The monoisotopic (exact) mass is 379 g/mol. The van der Waals surface area contributed by atoms with Gasteiger partial charge in [0.05, 0.1) is 12.1 Å². The molecule has 0 spiro atoms. The highest BCUT2D eigenvalue weighted by atomic mass is 35.5. The Morgan fingerprint density at radius 1 is 1.12 bits per heavy atom. The molecule has 4 nitrogen and oxygen atoms in total. The van der Waals surface area contributed by atoms with Gasteiger partial charge >= 0.3 is 0 Å². The van der Waals surface area contributed by atoms with Crippen molar-refractivity contribution in [3.63, 3.8) is 0 Å². The molecule has 25 heavy (non-hydrogen) atoms. The molecule has 0 bridgehead atoms. The van der Waals surface area contributed by atoms with Gasteiger partial charge in [0, 0.05) is 35.6 Å². The minimum Gasteiger partial charge on any atom is -0.497 e. The maximum atomic E-state index is 11.9. The Hall–Kier alpha value is -1.69. The summed E-state index contributed by atoms with van der Waals surface area (Å²) < 4.78 is 10.1. The van der Waals surface area contributed by atoms with Gasteiger partial charge in [-0.15, -0.1) is 0 Å². The van der Waals surface area contributed by atoms with Gasteiger partial charge in [-0.2, -0.15) is 0 Å². The van der Waals surface area contributed by atoms with E-state index >= 15 is 0 Å². The topological polar surface area (TPSA) is 47.6 Å². The number of anilines is 1. The van der Waals surface area contributed by atoms with E-state index in [0.29, 0.717) is 23.7 Å². The zero-order valence-corrected chi connectivity index (χ0v) is 16.0. The Kier molecular flexibility index (Phi) is 8.12. The number of nitrogens with one attached hydrogen (secondary N) is 1. The summed E-state index contributed by atoms with van der Waals surface area (Å²) in [6.45, 7) is 0.677. The summed E-state index contributed by atoms with van der Waals surface area (Å²) in [7, 11) is 3.30. The molecule has 0 aromatic heterocycles. The predicted octanol–water partition coefficient (Wildman–Crippen LogP) is 5.26. The third kappa shape index (κ3) is 6.61. The Morgan fingerprint density at radius 2 is 1.88 bits per heavy atom. The third-order valence-corrected chi connectivity index (χ3v) is 5.01. The van der Waals surface area contributed by atoms with Crippen molar-refractivity contribution in [2.45, 2.75) is 29.1 Å². The second kappa shape index (κ2) is 10.3. The van der Waals surface area contributed by atoms with E-state index in [1.165, 1.54) is 0 Å². The van der Waals surface area contributed by atoms with Crippen LogP contribution in [0, 0.1) is 0 Å². The highest BCUT2D eigenvalue weighted by molar-refractivity contribution is 7.99. The number of carbonyl (C=O) groups excluding carboxylic acids is 1. The molecule has 2 aromatic rings. The first kappa shape index (κ1) is 19.6. The molecular formula is C19H22ClNO3S. The molecular weight excluding hydrogens is 358 g/mol. The Balaban J connectivity index is 1.91. The van der Waals surface area contributed by atoms with Crippen LogP contribution in [0.5, 0.6) is 5.75 Å². The minimum absolute atomic E-state index is 0.0114. The molecule has 0 heterocycles. The van der Waals surface area contributed by atoms with E-state index in [-0.39, 0.29) is 5.91 Å². The van der Waals surface area contributed by atoms with Crippen LogP contribution in [0.3, 0.4) is 0 Å². The van der Waals surface area contributed by atoms with Crippen LogP contribution < -0.4 is 10.1 Å². The van der Waals surface area contributed by atoms with Crippen LogP contribution in [0.2, 0.25) is 5.02 Å². The van der Waals surface area contributed by atoms with Crippen molar-refractivity contribution in [1.82, 2.24) is 0 Å². The van der Waals surface area contributed by atoms with E-state index < -0.39 is 0 Å². The van der Waals surface area contributed by atoms with Crippen LogP contribution in [0.1, 0.15) is 19.3 Å². The smallest absolute Gasteiger partial charge is 0.224 e. The highest BCUT2D eigenvalue weighted by Gasteiger charge is 2.07. The van der Waals surface area contributed by atoms with E-state index in [0.717, 1.165) is 28.4 Å². The van der Waals surface area contributed by atoms with Crippen molar-refractivity contribution in [2.75, 3.05) is 26.1 Å². The third-order valence-electron chi connectivity index (χ3n) is 3.51. The van der Waals surface area contributed by atoms with Gasteiger partial charge in [0.2, 0.25) is 5.91 Å². The Labute approximate surface area is 157 Å². The van der Waals surface area contributed by atoms with Crippen LogP contribution in [0.4, 0.5) is 5.69 Å². The van der Waals surface area contributed by atoms with Gasteiger partial charge in [0.25, 0.3) is 0 Å². The number of carbonyl (C=O) groups is 1. The van der Waals surface area contributed by atoms with Gasteiger partial charge in [-0.1, -0.05) is 23.4 Å².